The van der Waals surface area contributed by atoms with Gasteiger partial charge in [-0.05, 0) is 50.9 Å². The molecule has 0 unspecified atom stereocenters. The van der Waals surface area contributed by atoms with Gasteiger partial charge in [-0.1, -0.05) is 115 Å². The zero-order chi connectivity index (χ0) is 22.9. The van der Waals surface area contributed by atoms with E-state index in [4.69, 9.17) is 0 Å². The fourth-order valence-corrected chi connectivity index (χ4v) is 5.03. The van der Waals surface area contributed by atoms with Gasteiger partial charge in [0.25, 0.3) is 0 Å². The highest BCUT2D eigenvalue weighted by molar-refractivity contribution is 6.14. The van der Waals surface area contributed by atoms with Crippen LogP contribution in [0.25, 0.3) is 43.8 Å². The molecule has 0 heterocycles. The fraction of sp³-hybridized carbons (Fsp3) is 0.0303. The van der Waals surface area contributed by atoms with Crippen LogP contribution in [0, 0.1) is 0 Å². The third kappa shape index (κ3) is 3.43. The Morgan fingerprint density at radius 3 is 1.71 bits per heavy atom. The first kappa shape index (κ1) is 20.3. The first-order valence-corrected chi connectivity index (χ1v) is 11.7. The molecule has 0 aromatic heterocycles. The monoisotopic (exact) mass is 435 g/mol. The van der Waals surface area contributed by atoms with Crippen molar-refractivity contribution in [1.82, 2.24) is 0 Å². The molecule has 0 N–H and O–H groups in total. The largest absolute Gasteiger partial charge is 0.344 e. The Balaban J connectivity index is 1.57. The Morgan fingerprint density at radius 1 is 0.412 bits per heavy atom. The quantitative estimate of drug-likeness (QED) is 0.250. The number of rotatable bonds is 4. The molecule has 0 saturated heterocycles. The predicted octanol–water partition coefficient (Wildman–Crippen LogP) is 9.09. The van der Waals surface area contributed by atoms with Crippen LogP contribution >= 0.6 is 0 Å². The summed E-state index contributed by atoms with van der Waals surface area (Å²) in [6.07, 6.45) is 0. The highest BCUT2D eigenvalue weighted by Crippen LogP contribution is 2.42. The molecule has 6 aromatic carbocycles. The zero-order valence-corrected chi connectivity index (χ0v) is 19.1. The SMILES string of the molecule is CN(c1ccccc1-c1ccccc1)c1ccccc1-c1cc2ccccc2c2ccccc12. The molecule has 1 heteroatoms. The second-order valence-electron chi connectivity index (χ2n) is 8.65. The number of hydrogen-bond donors (Lipinski definition) is 0. The van der Waals surface area contributed by atoms with Crippen LogP contribution in [0.3, 0.4) is 0 Å². The topological polar surface area (TPSA) is 3.24 Å². The van der Waals surface area contributed by atoms with Crippen LogP contribution in [0.5, 0.6) is 0 Å². The number of anilines is 2. The molecule has 1 nitrogen and oxygen atoms in total. The normalized spacial score (nSPS) is 11.1. The second kappa shape index (κ2) is 8.53. The Labute approximate surface area is 200 Å². The zero-order valence-electron chi connectivity index (χ0n) is 19.1. The van der Waals surface area contributed by atoms with Crippen molar-refractivity contribution in [3.05, 3.63) is 133 Å². The Bertz CT molecular complexity index is 1610. The van der Waals surface area contributed by atoms with Gasteiger partial charge in [0, 0.05) is 29.5 Å². The van der Waals surface area contributed by atoms with Crippen LogP contribution in [0.15, 0.2) is 133 Å². The van der Waals surface area contributed by atoms with E-state index in [1.165, 1.54) is 55.2 Å². The van der Waals surface area contributed by atoms with Gasteiger partial charge in [0.2, 0.25) is 0 Å². The van der Waals surface area contributed by atoms with Gasteiger partial charge >= 0.3 is 0 Å². The van der Waals surface area contributed by atoms with Crippen LogP contribution in [0.1, 0.15) is 0 Å². The standard InChI is InChI=1S/C33H25N/c1-34(32-21-11-9-17-27(32)24-13-3-2-4-14-24)33-22-12-10-20-30(33)31-23-25-15-5-6-16-26(25)28-18-7-8-19-29(28)31/h2-23H,1H3. The van der Waals surface area contributed by atoms with E-state index in [9.17, 15) is 0 Å². The molecule has 0 fully saturated rings. The van der Waals surface area contributed by atoms with Crippen LogP contribution in [-0.4, -0.2) is 7.05 Å². The molecule has 0 aliphatic heterocycles. The average molecular weight is 436 g/mol. The van der Waals surface area contributed by atoms with Crippen molar-refractivity contribution in [2.75, 3.05) is 11.9 Å². The van der Waals surface area contributed by atoms with E-state index in [2.05, 4.69) is 145 Å². The molecule has 34 heavy (non-hydrogen) atoms. The third-order valence-electron chi connectivity index (χ3n) is 6.67. The van der Waals surface area contributed by atoms with Gasteiger partial charge in [-0.15, -0.1) is 0 Å². The van der Waals surface area contributed by atoms with Crippen molar-refractivity contribution >= 4 is 32.9 Å². The van der Waals surface area contributed by atoms with Crippen LogP contribution in [0.2, 0.25) is 0 Å². The number of hydrogen-bond acceptors (Lipinski definition) is 1. The van der Waals surface area contributed by atoms with E-state index in [0.717, 1.165) is 0 Å². The van der Waals surface area contributed by atoms with Crippen molar-refractivity contribution in [3.63, 3.8) is 0 Å². The van der Waals surface area contributed by atoms with E-state index in [1.807, 2.05) is 0 Å². The second-order valence-corrected chi connectivity index (χ2v) is 8.65. The molecular weight excluding hydrogens is 410 g/mol. The summed E-state index contributed by atoms with van der Waals surface area (Å²) in [6.45, 7) is 0. The van der Waals surface area contributed by atoms with Gasteiger partial charge in [-0.2, -0.15) is 0 Å². The maximum Gasteiger partial charge on any atom is 0.0488 e. The Kier molecular flexibility index (Phi) is 5.08. The van der Waals surface area contributed by atoms with Crippen molar-refractivity contribution in [2.45, 2.75) is 0 Å². The van der Waals surface area contributed by atoms with Crippen molar-refractivity contribution in [1.29, 1.82) is 0 Å². The highest BCUT2D eigenvalue weighted by atomic mass is 15.1. The molecule has 6 aromatic rings. The lowest BCUT2D eigenvalue weighted by Gasteiger charge is -2.26. The summed E-state index contributed by atoms with van der Waals surface area (Å²) in [5.74, 6) is 0. The summed E-state index contributed by atoms with van der Waals surface area (Å²) >= 11 is 0. The van der Waals surface area contributed by atoms with Crippen LogP contribution in [-0.2, 0) is 0 Å². The lowest BCUT2D eigenvalue weighted by molar-refractivity contribution is 1.21. The van der Waals surface area contributed by atoms with Crippen LogP contribution < -0.4 is 4.90 Å². The van der Waals surface area contributed by atoms with Crippen molar-refractivity contribution in [2.24, 2.45) is 0 Å². The van der Waals surface area contributed by atoms with Gasteiger partial charge in [0.05, 0.1) is 0 Å². The fourth-order valence-electron chi connectivity index (χ4n) is 5.03. The maximum absolute atomic E-state index is 2.34. The minimum atomic E-state index is 1.19. The minimum Gasteiger partial charge on any atom is -0.344 e. The molecule has 162 valence electrons. The third-order valence-corrected chi connectivity index (χ3v) is 6.67. The van der Waals surface area contributed by atoms with E-state index in [1.54, 1.807) is 0 Å². The number of fused-ring (bicyclic) bond motifs is 3. The molecule has 0 aliphatic rings. The molecule has 0 aliphatic carbocycles. The summed E-state index contributed by atoms with van der Waals surface area (Å²) in [7, 11) is 2.17. The summed E-state index contributed by atoms with van der Waals surface area (Å²) in [4.78, 5) is 2.32. The summed E-state index contributed by atoms with van der Waals surface area (Å²) in [5.41, 5.74) is 7.31. The van der Waals surface area contributed by atoms with Gasteiger partial charge in [-0.25, -0.2) is 0 Å². The summed E-state index contributed by atoms with van der Waals surface area (Å²) in [5, 5.41) is 5.12. The Hall–Kier alpha value is -4.36. The number of para-hydroxylation sites is 2. The number of benzene rings is 6. The molecule has 0 spiro atoms. The molecule has 0 bridgehead atoms. The van der Waals surface area contributed by atoms with Gasteiger partial charge in [0.15, 0.2) is 0 Å². The molecule has 0 saturated carbocycles. The molecule has 0 amide bonds. The van der Waals surface area contributed by atoms with Gasteiger partial charge in [-0.3, -0.25) is 0 Å². The van der Waals surface area contributed by atoms with Crippen LogP contribution in [0.4, 0.5) is 11.4 Å². The van der Waals surface area contributed by atoms with Crippen molar-refractivity contribution in [3.8, 4) is 22.3 Å². The van der Waals surface area contributed by atoms with Gasteiger partial charge in [0.1, 0.15) is 0 Å². The van der Waals surface area contributed by atoms with Gasteiger partial charge < -0.3 is 4.90 Å². The van der Waals surface area contributed by atoms with Crippen molar-refractivity contribution < 1.29 is 0 Å². The average Bonchev–Trinajstić information content (AvgIpc) is 2.93. The summed E-state index contributed by atoms with van der Waals surface area (Å²) in [6, 6.07) is 47.7. The highest BCUT2D eigenvalue weighted by Gasteiger charge is 2.16. The smallest absolute Gasteiger partial charge is 0.0488 e. The molecular formula is C33H25N. The first-order valence-electron chi connectivity index (χ1n) is 11.7. The summed E-state index contributed by atoms with van der Waals surface area (Å²) < 4.78 is 0. The van der Waals surface area contributed by atoms with E-state index < -0.39 is 0 Å². The molecule has 6 rings (SSSR count). The molecule has 0 atom stereocenters. The first-order chi connectivity index (χ1) is 16.8. The van der Waals surface area contributed by atoms with E-state index in [0.29, 0.717) is 0 Å². The maximum atomic E-state index is 2.34. The molecule has 0 radical (unpaired) electrons. The lowest BCUT2D eigenvalue weighted by Crippen LogP contribution is -2.12. The lowest BCUT2D eigenvalue weighted by atomic mass is 9.92. The predicted molar refractivity (Wildman–Crippen MR) is 147 cm³/mol. The minimum absolute atomic E-state index is 1.19. The number of nitrogens with zero attached hydrogens (tertiary/aromatic N) is 1. The Morgan fingerprint density at radius 2 is 0.941 bits per heavy atom. The van der Waals surface area contributed by atoms with E-state index in [-0.39, 0.29) is 0 Å². The van der Waals surface area contributed by atoms with E-state index >= 15 is 0 Å².